The molecular formula is C12H9ClN2O2. The topological polar surface area (TPSA) is 57.3 Å². The minimum Gasteiger partial charge on any atom is -0.484 e. The van der Waals surface area contributed by atoms with Gasteiger partial charge in [0.2, 0.25) is 0 Å². The molecule has 0 spiro atoms. The predicted molar refractivity (Wildman–Crippen MR) is 63.6 cm³/mol. The third kappa shape index (κ3) is 1.41. The number of ether oxygens (including phenoxy) is 1. The highest BCUT2D eigenvalue weighted by atomic mass is 35.5. The van der Waals surface area contributed by atoms with E-state index in [4.69, 9.17) is 22.1 Å². The van der Waals surface area contributed by atoms with Crippen molar-refractivity contribution in [2.45, 2.75) is 6.61 Å². The van der Waals surface area contributed by atoms with Crippen LogP contribution in [-0.2, 0) is 6.61 Å². The van der Waals surface area contributed by atoms with Crippen molar-refractivity contribution in [3.05, 3.63) is 46.7 Å². The maximum Gasteiger partial charge on any atom is 0.252 e. The molecule has 0 saturated carbocycles. The SMILES string of the molecule is NC(=O)c1cccc2c1OCc1ccc(Cl)n1-2. The molecule has 1 aliphatic heterocycles. The van der Waals surface area contributed by atoms with E-state index >= 15 is 0 Å². The molecule has 0 radical (unpaired) electrons. The first kappa shape index (κ1) is 10.2. The van der Waals surface area contributed by atoms with Gasteiger partial charge in [-0.25, -0.2) is 0 Å². The van der Waals surface area contributed by atoms with E-state index in [9.17, 15) is 4.79 Å². The first-order valence-corrected chi connectivity index (χ1v) is 5.48. The first-order valence-electron chi connectivity index (χ1n) is 5.10. The summed E-state index contributed by atoms with van der Waals surface area (Å²) in [5.41, 5.74) is 7.38. The van der Waals surface area contributed by atoms with Crippen LogP contribution in [0.15, 0.2) is 30.3 Å². The molecule has 0 bridgehead atoms. The number of carbonyl (C=O) groups is 1. The number of halogens is 1. The Morgan fingerprint density at radius 2 is 2.18 bits per heavy atom. The number of para-hydroxylation sites is 1. The molecule has 1 aromatic carbocycles. The molecular weight excluding hydrogens is 240 g/mol. The van der Waals surface area contributed by atoms with Gasteiger partial charge in [0, 0.05) is 0 Å². The van der Waals surface area contributed by atoms with E-state index in [1.807, 2.05) is 16.7 Å². The number of nitrogens with two attached hydrogens (primary N) is 1. The molecule has 2 heterocycles. The summed E-state index contributed by atoms with van der Waals surface area (Å²) in [7, 11) is 0. The highest BCUT2D eigenvalue weighted by Gasteiger charge is 2.23. The van der Waals surface area contributed by atoms with E-state index < -0.39 is 5.91 Å². The summed E-state index contributed by atoms with van der Waals surface area (Å²) in [5.74, 6) is -0.0146. The van der Waals surface area contributed by atoms with Crippen LogP contribution >= 0.6 is 11.6 Å². The van der Waals surface area contributed by atoms with E-state index in [0.717, 1.165) is 11.4 Å². The van der Waals surface area contributed by atoms with Gasteiger partial charge in [-0.1, -0.05) is 17.7 Å². The van der Waals surface area contributed by atoms with Crippen LogP contribution in [0.3, 0.4) is 0 Å². The summed E-state index contributed by atoms with van der Waals surface area (Å²) in [4.78, 5) is 11.3. The van der Waals surface area contributed by atoms with E-state index in [1.54, 1.807) is 18.2 Å². The Kier molecular flexibility index (Phi) is 2.12. The molecule has 0 fully saturated rings. The molecule has 5 heteroatoms. The molecule has 0 aliphatic carbocycles. The molecule has 1 aliphatic rings. The second-order valence-corrected chi connectivity index (χ2v) is 4.18. The Bertz CT molecular complexity index is 619. The summed E-state index contributed by atoms with van der Waals surface area (Å²) >= 11 is 6.11. The largest absolute Gasteiger partial charge is 0.484 e. The summed E-state index contributed by atoms with van der Waals surface area (Å²) in [6, 6.07) is 8.93. The highest BCUT2D eigenvalue weighted by molar-refractivity contribution is 6.30. The molecule has 1 amide bonds. The van der Waals surface area contributed by atoms with Gasteiger partial charge in [0.15, 0.2) is 5.75 Å². The summed E-state index contributed by atoms with van der Waals surface area (Å²) in [5, 5.41) is 0.589. The number of hydrogen-bond acceptors (Lipinski definition) is 2. The van der Waals surface area contributed by atoms with E-state index in [1.165, 1.54) is 0 Å². The lowest BCUT2D eigenvalue weighted by atomic mass is 10.1. The quantitative estimate of drug-likeness (QED) is 0.840. The number of carbonyl (C=O) groups excluding carboxylic acids is 1. The van der Waals surface area contributed by atoms with Gasteiger partial charge in [-0.3, -0.25) is 9.36 Å². The summed E-state index contributed by atoms with van der Waals surface area (Å²) in [6.07, 6.45) is 0. The van der Waals surface area contributed by atoms with Crippen molar-refractivity contribution in [3.63, 3.8) is 0 Å². The third-order valence-electron chi connectivity index (χ3n) is 2.78. The van der Waals surface area contributed by atoms with Crippen molar-refractivity contribution < 1.29 is 9.53 Å². The average Bonchev–Trinajstić information content (AvgIpc) is 2.70. The predicted octanol–water partition coefficient (Wildman–Crippen LogP) is 2.12. The maximum absolute atomic E-state index is 11.3. The Morgan fingerprint density at radius 3 is 2.94 bits per heavy atom. The molecule has 2 N–H and O–H groups in total. The van der Waals surface area contributed by atoms with E-state index in [2.05, 4.69) is 0 Å². The molecule has 4 nitrogen and oxygen atoms in total. The molecule has 0 atom stereocenters. The molecule has 3 rings (SSSR count). The standard InChI is InChI=1S/C12H9ClN2O2/c13-10-5-4-7-6-17-11-8(12(14)16)2-1-3-9(11)15(7)10/h1-5H,6H2,(H2,14,16). The number of amides is 1. The van der Waals surface area contributed by atoms with Crippen molar-refractivity contribution >= 4 is 17.5 Å². The lowest BCUT2D eigenvalue weighted by Crippen LogP contribution is -2.18. The fraction of sp³-hybridized carbons (Fsp3) is 0.0833. The molecule has 0 unspecified atom stereocenters. The van der Waals surface area contributed by atoms with Crippen LogP contribution < -0.4 is 10.5 Å². The van der Waals surface area contributed by atoms with Crippen LogP contribution in [0.1, 0.15) is 16.1 Å². The molecule has 0 saturated heterocycles. The van der Waals surface area contributed by atoms with Gasteiger partial charge in [-0.05, 0) is 24.3 Å². The van der Waals surface area contributed by atoms with E-state index in [-0.39, 0.29) is 0 Å². The van der Waals surface area contributed by atoms with Crippen molar-refractivity contribution in [2.75, 3.05) is 0 Å². The minimum absolute atomic E-state index is 0.373. The lowest BCUT2D eigenvalue weighted by Gasteiger charge is -2.22. The van der Waals surface area contributed by atoms with Crippen LogP contribution in [0.25, 0.3) is 5.69 Å². The lowest BCUT2D eigenvalue weighted by molar-refractivity contribution is 0.0995. The average molecular weight is 249 g/mol. The van der Waals surface area contributed by atoms with Gasteiger partial charge in [0.25, 0.3) is 5.91 Å². The number of hydrogen-bond donors (Lipinski definition) is 1. The van der Waals surface area contributed by atoms with Crippen LogP contribution in [0.2, 0.25) is 5.15 Å². The maximum atomic E-state index is 11.3. The minimum atomic E-state index is -0.506. The van der Waals surface area contributed by atoms with Crippen molar-refractivity contribution in [3.8, 4) is 11.4 Å². The smallest absolute Gasteiger partial charge is 0.252 e. The second kappa shape index (κ2) is 3.53. The Balaban J connectivity index is 2.30. The second-order valence-electron chi connectivity index (χ2n) is 3.79. The van der Waals surface area contributed by atoms with Crippen molar-refractivity contribution in [1.29, 1.82) is 0 Å². The zero-order valence-corrected chi connectivity index (χ0v) is 9.57. The number of benzene rings is 1. The van der Waals surface area contributed by atoms with Gasteiger partial charge >= 0.3 is 0 Å². The van der Waals surface area contributed by atoms with Crippen LogP contribution in [-0.4, -0.2) is 10.5 Å². The van der Waals surface area contributed by atoms with Crippen molar-refractivity contribution in [2.24, 2.45) is 5.73 Å². The van der Waals surface area contributed by atoms with Gasteiger partial charge in [0.1, 0.15) is 11.8 Å². The number of aromatic nitrogens is 1. The Labute approximate surface area is 103 Å². The molecule has 1 aromatic heterocycles. The number of rotatable bonds is 1. The molecule has 17 heavy (non-hydrogen) atoms. The number of fused-ring (bicyclic) bond motifs is 3. The van der Waals surface area contributed by atoms with Gasteiger partial charge in [-0.15, -0.1) is 0 Å². The summed E-state index contributed by atoms with van der Waals surface area (Å²) < 4.78 is 7.43. The highest BCUT2D eigenvalue weighted by Crippen LogP contribution is 2.35. The fourth-order valence-corrected chi connectivity index (χ4v) is 2.29. The Hall–Kier alpha value is -1.94. The summed E-state index contributed by atoms with van der Waals surface area (Å²) in [6.45, 7) is 0.379. The fourth-order valence-electron chi connectivity index (χ4n) is 2.03. The number of nitrogens with zero attached hydrogens (tertiary/aromatic N) is 1. The monoisotopic (exact) mass is 248 g/mol. The van der Waals surface area contributed by atoms with Crippen LogP contribution in [0, 0.1) is 0 Å². The molecule has 2 aromatic rings. The van der Waals surface area contributed by atoms with Gasteiger partial charge in [0.05, 0.1) is 16.9 Å². The zero-order valence-electron chi connectivity index (χ0n) is 8.81. The van der Waals surface area contributed by atoms with Gasteiger partial charge < -0.3 is 10.5 Å². The third-order valence-corrected chi connectivity index (χ3v) is 3.07. The normalized spacial score (nSPS) is 12.5. The Morgan fingerprint density at radius 1 is 1.35 bits per heavy atom. The number of primary amides is 1. The molecule has 86 valence electrons. The van der Waals surface area contributed by atoms with Crippen molar-refractivity contribution in [1.82, 2.24) is 4.57 Å². The first-order chi connectivity index (χ1) is 8.18. The van der Waals surface area contributed by atoms with Gasteiger partial charge in [-0.2, -0.15) is 0 Å². The van der Waals surface area contributed by atoms with E-state index in [0.29, 0.717) is 23.1 Å². The van der Waals surface area contributed by atoms with Crippen LogP contribution in [0.5, 0.6) is 5.75 Å². The zero-order chi connectivity index (χ0) is 12.0. The van der Waals surface area contributed by atoms with Crippen LogP contribution in [0.4, 0.5) is 0 Å².